The monoisotopic (exact) mass is 572 g/mol. The molecule has 2 N–H and O–H groups in total. The molecule has 0 fully saturated rings. The molecular formula is C27H36N6O6S. The van der Waals surface area contributed by atoms with Crippen LogP contribution in [0.3, 0.4) is 0 Å². The summed E-state index contributed by atoms with van der Waals surface area (Å²) in [6.45, 7) is 7.48. The van der Waals surface area contributed by atoms with Gasteiger partial charge in [-0.25, -0.2) is 13.4 Å². The molecule has 1 aliphatic heterocycles. The van der Waals surface area contributed by atoms with Crippen LogP contribution in [0.2, 0.25) is 0 Å². The maximum Gasteiger partial charge on any atom is 0.248 e. The number of ether oxygens (including phenoxy) is 1. The SMILES string of the molecule is Cc1noc(C)c1S(=O)(=O)N1CCCOc2cccc(c2)-c2nccn2CCNC(=O)[C@@H](CC(C)C)NC(=O)C1. The van der Waals surface area contributed by atoms with Crippen LogP contribution in [0.5, 0.6) is 5.75 Å². The largest absolute Gasteiger partial charge is 0.494 e. The average molecular weight is 573 g/mol. The highest BCUT2D eigenvalue weighted by atomic mass is 32.2. The second-order valence-electron chi connectivity index (χ2n) is 10.2. The molecule has 13 heteroatoms. The number of nitrogens with one attached hydrogen (secondary N) is 2. The van der Waals surface area contributed by atoms with E-state index in [2.05, 4.69) is 20.8 Å². The fourth-order valence-corrected chi connectivity index (χ4v) is 6.41. The van der Waals surface area contributed by atoms with Gasteiger partial charge < -0.3 is 24.5 Å². The summed E-state index contributed by atoms with van der Waals surface area (Å²) < 4.78 is 41.3. The van der Waals surface area contributed by atoms with Gasteiger partial charge in [0, 0.05) is 37.6 Å². The van der Waals surface area contributed by atoms with Gasteiger partial charge in [0.25, 0.3) is 0 Å². The van der Waals surface area contributed by atoms with Gasteiger partial charge in [-0.1, -0.05) is 31.1 Å². The van der Waals surface area contributed by atoms with Gasteiger partial charge in [-0.05, 0) is 44.7 Å². The van der Waals surface area contributed by atoms with Gasteiger partial charge >= 0.3 is 0 Å². The van der Waals surface area contributed by atoms with Crippen LogP contribution in [0.25, 0.3) is 11.4 Å². The number of hydrogen-bond donors (Lipinski definition) is 2. The van der Waals surface area contributed by atoms with Crippen LogP contribution in [0.4, 0.5) is 0 Å². The number of imidazole rings is 1. The van der Waals surface area contributed by atoms with Crippen LogP contribution in [0.1, 0.15) is 38.1 Å². The molecule has 216 valence electrons. The Labute approximate surface area is 234 Å². The number of rotatable bonds is 4. The Morgan fingerprint density at radius 3 is 2.70 bits per heavy atom. The normalized spacial score (nSPS) is 18.3. The third kappa shape index (κ3) is 6.89. The summed E-state index contributed by atoms with van der Waals surface area (Å²) in [6.07, 6.45) is 4.24. The van der Waals surface area contributed by atoms with Crippen molar-refractivity contribution in [2.75, 3.05) is 26.2 Å². The van der Waals surface area contributed by atoms with Crippen molar-refractivity contribution >= 4 is 21.8 Å². The molecule has 0 radical (unpaired) electrons. The molecule has 0 saturated carbocycles. The van der Waals surface area contributed by atoms with Crippen molar-refractivity contribution in [3.8, 4) is 17.1 Å². The van der Waals surface area contributed by atoms with E-state index in [1.165, 1.54) is 13.8 Å². The van der Waals surface area contributed by atoms with Crippen molar-refractivity contribution in [2.45, 2.75) is 58.0 Å². The standard InChI is InChI=1S/C27H36N6O6S/c1-18(2)15-23-27(35)29-10-13-32-12-9-28-26(32)21-7-5-8-22(16-21)38-14-6-11-33(17-24(34)30-23)40(36,37)25-19(3)31-39-20(25)4/h5,7-9,12,16,18,23H,6,10-11,13-15,17H2,1-4H3,(H,29,35)(H,30,34)/t23-/m1/s1. The Balaban J connectivity index is 1.64. The molecule has 1 atom stereocenters. The molecule has 2 amide bonds. The highest BCUT2D eigenvalue weighted by molar-refractivity contribution is 7.89. The minimum atomic E-state index is -4.13. The lowest BCUT2D eigenvalue weighted by Crippen LogP contribution is -2.51. The quantitative estimate of drug-likeness (QED) is 0.484. The van der Waals surface area contributed by atoms with E-state index in [0.29, 0.717) is 31.7 Å². The Hall–Kier alpha value is -3.71. The molecule has 3 aromatic rings. The summed E-state index contributed by atoms with van der Waals surface area (Å²) in [7, 11) is -4.13. The first kappa shape index (κ1) is 29.3. The van der Waals surface area contributed by atoms with E-state index in [9.17, 15) is 18.0 Å². The van der Waals surface area contributed by atoms with Gasteiger partial charge in [0.2, 0.25) is 21.8 Å². The molecule has 2 bridgehead atoms. The van der Waals surface area contributed by atoms with Gasteiger partial charge in [0.1, 0.15) is 28.2 Å². The van der Waals surface area contributed by atoms with Gasteiger partial charge in [-0.3, -0.25) is 9.59 Å². The van der Waals surface area contributed by atoms with Gasteiger partial charge in [-0.2, -0.15) is 4.31 Å². The number of hydrogen-bond acceptors (Lipinski definition) is 8. The molecule has 4 rings (SSSR count). The van der Waals surface area contributed by atoms with Crippen molar-refractivity contribution in [2.24, 2.45) is 5.92 Å². The summed E-state index contributed by atoms with van der Waals surface area (Å²) in [4.78, 5) is 30.7. The Kier molecular flexibility index (Phi) is 9.25. The number of benzene rings is 1. The second kappa shape index (κ2) is 12.6. The predicted octanol–water partition coefficient (Wildman–Crippen LogP) is 2.28. The first-order valence-corrected chi connectivity index (χ1v) is 14.7. The zero-order valence-corrected chi connectivity index (χ0v) is 24.0. The topological polar surface area (TPSA) is 149 Å². The maximum absolute atomic E-state index is 13.6. The zero-order valence-electron chi connectivity index (χ0n) is 23.2. The highest BCUT2D eigenvalue weighted by Crippen LogP contribution is 2.25. The number of sulfonamides is 1. The van der Waals surface area contributed by atoms with Crippen molar-refractivity contribution in [3.05, 3.63) is 48.1 Å². The van der Waals surface area contributed by atoms with E-state index in [1.807, 2.05) is 48.9 Å². The molecule has 0 saturated heterocycles. The molecule has 0 aliphatic carbocycles. The predicted molar refractivity (Wildman–Crippen MR) is 147 cm³/mol. The highest BCUT2D eigenvalue weighted by Gasteiger charge is 2.33. The van der Waals surface area contributed by atoms with Crippen LogP contribution in [-0.2, 0) is 26.2 Å². The second-order valence-corrected chi connectivity index (χ2v) is 12.1. The van der Waals surface area contributed by atoms with E-state index >= 15 is 0 Å². The van der Waals surface area contributed by atoms with Crippen LogP contribution in [-0.4, -0.2) is 71.5 Å². The van der Waals surface area contributed by atoms with Crippen LogP contribution in [0, 0.1) is 19.8 Å². The van der Waals surface area contributed by atoms with Crippen LogP contribution < -0.4 is 15.4 Å². The molecular weight excluding hydrogens is 536 g/mol. The summed E-state index contributed by atoms with van der Waals surface area (Å²) in [5.74, 6) is 0.671. The first-order chi connectivity index (χ1) is 19.1. The Bertz CT molecular complexity index is 1430. The molecule has 1 aromatic carbocycles. The van der Waals surface area contributed by atoms with E-state index in [0.717, 1.165) is 15.7 Å². The lowest BCUT2D eigenvalue weighted by Gasteiger charge is -2.24. The molecule has 40 heavy (non-hydrogen) atoms. The van der Waals surface area contributed by atoms with Gasteiger partial charge in [-0.15, -0.1) is 0 Å². The summed E-state index contributed by atoms with van der Waals surface area (Å²) in [6, 6.07) is 6.64. The number of amides is 2. The number of carbonyl (C=O) groups excluding carboxylic acids is 2. The third-order valence-corrected chi connectivity index (χ3v) is 8.62. The summed E-state index contributed by atoms with van der Waals surface area (Å²) in [5, 5.41) is 9.42. The summed E-state index contributed by atoms with van der Waals surface area (Å²) in [5.41, 5.74) is 1.06. The molecule has 0 spiro atoms. The van der Waals surface area contributed by atoms with E-state index in [-0.39, 0.29) is 41.3 Å². The number of aromatic nitrogens is 3. The fourth-order valence-electron chi connectivity index (χ4n) is 4.69. The molecule has 3 heterocycles. The van der Waals surface area contributed by atoms with Crippen molar-refractivity contribution < 1.29 is 27.3 Å². The van der Waals surface area contributed by atoms with Crippen molar-refractivity contribution in [1.82, 2.24) is 29.6 Å². The summed E-state index contributed by atoms with van der Waals surface area (Å²) >= 11 is 0. The van der Waals surface area contributed by atoms with E-state index in [1.54, 1.807) is 6.20 Å². The lowest BCUT2D eigenvalue weighted by molar-refractivity contribution is -0.129. The maximum atomic E-state index is 13.6. The van der Waals surface area contributed by atoms with Crippen LogP contribution in [0.15, 0.2) is 46.1 Å². The van der Waals surface area contributed by atoms with Crippen molar-refractivity contribution in [3.63, 3.8) is 0 Å². The van der Waals surface area contributed by atoms with Crippen molar-refractivity contribution in [1.29, 1.82) is 0 Å². The number of nitrogens with zero attached hydrogens (tertiary/aromatic N) is 4. The Morgan fingerprint density at radius 2 is 1.98 bits per heavy atom. The third-order valence-electron chi connectivity index (χ3n) is 6.52. The van der Waals surface area contributed by atoms with Gasteiger partial charge in [0.05, 0.1) is 13.2 Å². The minimum Gasteiger partial charge on any atom is -0.494 e. The molecule has 2 aromatic heterocycles. The number of carbonyl (C=O) groups is 2. The number of aryl methyl sites for hydroxylation is 2. The average Bonchev–Trinajstić information content (AvgIpc) is 3.50. The smallest absolute Gasteiger partial charge is 0.248 e. The fraction of sp³-hybridized carbons (Fsp3) is 0.481. The Morgan fingerprint density at radius 1 is 1.18 bits per heavy atom. The molecule has 1 aliphatic rings. The molecule has 12 nitrogen and oxygen atoms in total. The zero-order chi connectivity index (χ0) is 28.9. The lowest BCUT2D eigenvalue weighted by atomic mass is 10.0. The van der Waals surface area contributed by atoms with E-state index in [4.69, 9.17) is 9.26 Å². The first-order valence-electron chi connectivity index (χ1n) is 13.3. The number of fused-ring (bicyclic) bond motifs is 4. The van der Waals surface area contributed by atoms with Gasteiger partial charge in [0.15, 0.2) is 5.76 Å². The van der Waals surface area contributed by atoms with E-state index < -0.39 is 28.5 Å². The van der Waals surface area contributed by atoms with Crippen LogP contribution >= 0.6 is 0 Å². The minimum absolute atomic E-state index is 0.00491. The molecule has 0 unspecified atom stereocenters.